The predicted molar refractivity (Wildman–Crippen MR) is 48.7 cm³/mol. The van der Waals surface area contributed by atoms with Gasteiger partial charge >= 0.3 is 0 Å². The van der Waals surface area contributed by atoms with E-state index in [0.29, 0.717) is 17.4 Å². The van der Waals surface area contributed by atoms with Gasteiger partial charge in [0.2, 0.25) is 0 Å². The third kappa shape index (κ3) is 1.27. The number of fused-ring (bicyclic) bond motifs is 1. The standard InChI is InChI=1S/C10H10O3/c11-5-4-7-6-13-9-3-1-2-8(12)10(7)9/h1-3,6,11-12H,4-5H2. The highest BCUT2D eigenvalue weighted by atomic mass is 16.3. The molecule has 0 unspecified atom stereocenters. The third-order valence-corrected chi connectivity index (χ3v) is 2.03. The van der Waals surface area contributed by atoms with Crippen molar-refractivity contribution in [2.75, 3.05) is 6.61 Å². The second kappa shape index (κ2) is 3.11. The number of hydrogen-bond acceptors (Lipinski definition) is 3. The Morgan fingerprint density at radius 3 is 2.92 bits per heavy atom. The van der Waals surface area contributed by atoms with E-state index in [1.807, 2.05) is 0 Å². The molecule has 2 N–H and O–H groups in total. The number of aromatic hydroxyl groups is 1. The molecule has 0 spiro atoms. The number of aliphatic hydroxyl groups excluding tert-OH is 1. The summed E-state index contributed by atoms with van der Waals surface area (Å²) in [5.41, 5.74) is 1.50. The van der Waals surface area contributed by atoms with E-state index < -0.39 is 0 Å². The number of hydrogen-bond donors (Lipinski definition) is 2. The first-order valence-corrected chi connectivity index (χ1v) is 4.12. The highest BCUT2D eigenvalue weighted by Gasteiger charge is 2.08. The molecule has 2 aromatic rings. The first-order chi connectivity index (χ1) is 6.33. The molecular formula is C10H10O3. The first-order valence-electron chi connectivity index (χ1n) is 4.12. The quantitative estimate of drug-likeness (QED) is 0.735. The van der Waals surface area contributed by atoms with E-state index in [4.69, 9.17) is 9.52 Å². The Labute approximate surface area is 75.2 Å². The van der Waals surface area contributed by atoms with Gasteiger partial charge < -0.3 is 14.6 Å². The maximum absolute atomic E-state index is 9.53. The Kier molecular flexibility index (Phi) is 1.94. The zero-order chi connectivity index (χ0) is 9.26. The normalized spacial score (nSPS) is 10.8. The van der Waals surface area contributed by atoms with Gasteiger partial charge in [0, 0.05) is 12.2 Å². The molecule has 1 aromatic heterocycles. The minimum absolute atomic E-state index is 0.0585. The van der Waals surface area contributed by atoms with Crippen molar-refractivity contribution in [2.45, 2.75) is 6.42 Å². The molecule has 1 aromatic carbocycles. The summed E-state index contributed by atoms with van der Waals surface area (Å²) in [4.78, 5) is 0. The van der Waals surface area contributed by atoms with Gasteiger partial charge in [-0.15, -0.1) is 0 Å². The van der Waals surface area contributed by atoms with E-state index in [0.717, 1.165) is 5.56 Å². The monoisotopic (exact) mass is 178 g/mol. The maximum atomic E-state index is 9.53. The summed E-state index contributed by atoms with van der Waals surface area (Å²) in [6.45, 7) is 0.0585. The first kappa shape index (κ1) is 8.13. The van der Waals surface area contributed by atoms with Gasteiger partial charge in [0.15, 0.2) is 0 Å². The van der Waals surface area contributed by atoms with Crippen LogP contribution in [-0.2, 0) is 6.42 Å². The van der Waals surface area contributed by atoms with E-state index in [1.165, 1.54) is 0 Å². The van der Waals surface area contributed by atoms with Crippen LogP contribution in [-0.4, -0.2) is 16.8 Å². The van der Waals surface area contributed by atoms with Gasteiger partial charge in [-0.1, -0.05) is 6.07 Å². The van der Waals surface area contributed by atoms with E-state index in [2.05, 4.69) is 0 Å². The zero-order valence-electron chi connectivity index (χ0n) is 7.03. The molecule has 0 atom stereocenters. The van der Waals surface area contributed by atoms with Crippen molar-refractivity contribution in [1.82, 2.24) is 0 Å². The predicted octanol–water partition coefficient (Wildman–Crippen LogP) is 1.67. The Morgan fingerprint density at radius 2 is 2.15 bits per heavy atom. The van der Waals surface area contributed by atoms with E-state index in [1.54, 1.807) is 24.5 Å². The number of phenols is 1. The van der Waals surface area contributed by atoms with Crippen LogP contribution in [0.3, 0.4) is 0 Å². The van der Waals surface area contributed by atoms with Crippen LogP contribution in [0, 0.1) is 0 Å². The fraction of sp³-hybridized carbons (Fsp3) is 0.200. The van der Waals surface area contributed by atoms with Crippen molar-refractivity contribution < 1.29 is 14.6 Å². The van der Waals surface area contributed by atoms with Crippen LogP contribution in [0.4, 0.5) is 0 Å². The smallest absolute Gasteiger partial charge is 0.137 e. The summed E-state index contributed by atoms with van der Waals surface area (Å²) >= 11 is 0. The van der Waals surface area contributed by atoms with Crippen molar-refractivity contribution >= 4 is 11.0 Å². The van der Waals surface area contributed by atoms with Crippen LogP contribution >= 0.6 is 0 Å². The molecule has 0 aliphatic rings. The van der Waals surface area contributed by atoms with Gasteiger partial charge in [0.05, 0.1) is 11.6 Å². The lowest BCUT2D eigenvalue weighted by molar-refractivity contribution is 0.299. The van der Waals surface area contributed by atoms with Crippen molar-refractivity contribution in [3.05, 3.63) is 30.0 Å². The van der Waals surface area contributed by atoms with Crippen LogP contribution in [0.2, 0.25) is 0 Å². The number of benzene rings is 1. The fourth-order valence-corrected chi connectivity index (χ4v) is 1.44. The molecule has 0 aliphatic carbocycles. The topological polar surface area (TPSA) is 53.6 Å². The highest BCUT2D eigenvalue weighted by Crippen LogP contribution is 2.29. The summed E-state index contributed by atoms with van der Waals surface area (Å²) in [7, 11) is 0. The molecule has 0 amide bonds. The molecule has 68 valence electrons. The van der Waals surface area contributed by atoms with Gasteiger partial charge in [-0.2, -0.15) is 0 Å². The molecule has 1 heterocycles. The van der Waals surface area contributed by atoms with Gasteiger partial charge in [-0.25, -0.2) is 0 Å². The fourth-order valence-electron chi connectivity index (χ4n) is 1.44. The minimum Gasteiger partial charge on any atom is -0.507 e. The molecule has 3 heteroatoms. The molecule has 13 heavy (non-hydrogen) atoms. The number of furan rings is 1. The molecule has 0 aliphatic heterocycles. The van der Waals surface area contributed by atoms with Gasteiger partial charge in [-0.05, 0) is 18.6 Å². The molecular weight excluding hydrogens is 168 g/mol. The maximum Gasteiger partial charge on any atom is 0.137 e. The van der Waals surface area contributed by atoms with Gasteiger partial charge in [0.1, 0.15) is 11.3 Å². The molecule has 0 bridgehead atoms. The Morgan fingerprint density at radius 1 is 1.31 bits per heavy atom. The summed E-state index contributed by atoms with van der Waals surface area (Å²) in [5.74, 6) is 0.203. The average Bonchev–Trinajstić information content (AvgIpc) is 2.51. The third-order valence-electron chi connectivity index (χ3n) is 2.03. The van der Waals surface area contributed by atoms with Crippen molar-refractivity contribution in [2.24, 2.45) is 0 Å². The van der Waals surface area contributed by atoms with E-state index in [-0.39, 0.29) is 12.4 Å². The number of rotatable bonds is 2. The summed E-state index contributed by atoms with van der Waals surface area (Å²) < 4.78 is 5.21. The molecule has 0 saturated carbocycles. The SMILES string of the molecule is OCCc1coc2cccc(O)c12. The molecule has 0 radical (unpaired) electrons. The number of phenolic OH excluding ortho intramolecular Hbond substituents is 1. The Bertz CT molecular complexity index is 417. The highest BCUT2D eigenvalue weighted by molar-refractivity contribution is 5.87. The van der Waals surface area contributed by atoms with Gasteiger partial charge in [0.25, 0.3) is 0 Å². The van der Waals surface area contributed by atoms with E-state index in [9.17, 15) is 5.11 Å². The largest absolute Gasteiger partial charge is 0.507 e. The number of aliphatic hydroxyl groups is 1. The lowest BCUT2D eigenvalue weighted by Crippen LogP contribution is -1.88. The zero-order valence-corrected chi connectivity index (χ0v) is 7.03. The second-order valence-electron chi connectivity index (χ2n) is 2.88. The van der Waals surface area contributed by atoms with E-state index >= 15 is 0 Å². The van der Waals surface area contributed by atoms with Crippen LogP contribution in [0.1, 0.15) is 5.56 Å². The van der Waals surface area contributed by atoms with Crippen LogP contribution in [0.15, 0.2) is 28.9 Å². The molecule has 2 rings (SSSR count). The van der Waals surface area contributed by atoms with Crippen molar-refractivity contribution in [3.63, 3.8) is 0 Å². The summed E-state index contributed by atoms with van der Waals surface area (Å²) in [5, 5.41) is 19.0. The average molecular weight is 178 g/mol. The van der Waals surface area contributed by atoms with Crippen LogP contribution < -0.4 is 0 Å². The Hall–Kier alpha value is -1.48. The van der Waals surface area contributed by atoms with Gasteiger partial charge in [-0.3, -0.25) is 0 Å². The summed E-state index contributed by atoms with van der Waals surface area (Å²) in [6.07, 6.45) is 2.07. The molecule has 0 fully saturated rings. The minimum atomic E-state index is 0.0585. The lowest BCUT2D eigenvalue weighted by Gasteiger charge is -1.96. The molecule has 0 saturated heterocycles. The van der Waals surface area contributed by atoms with Crippen LogP contribution in [0.5, 0.6) is 5.75 Å². The Balaban J connectivity index is 2.64. The lowest BCUT2D eigenvalue weighted by atomic mass is 10.1. The summed E-state index contributed by atoms with van der Waals surface area (Å²) in [6, 6.07) is 5.12. The van der Waals surface area contributed by atoms with Crippen LogP contribution in [0.25, 0.3) is 11.0 Å². The van der Waals surface area contributed by atoms with Crippen molar-refractivity contribution in [1.29, 1.82) is 0 Å². The molecule has 3 nitrogen and oxygen atoms in total. The second-order valence-corrected chi connectivity index (χ2v) is 2.88. The van der Waals surface area contributed by atoms with Crippen molar-refractivity contribution in [3.8, 4) is 5.75 Å².